The quantitative estimate of drug-likeness (QED) is 0.236. The minimum Gasteiger partial charge on any atom is -0.379 e. The predicted molar refractivity (Wildman–Crippen MR) is 111 cm³/mol. The second-order valence-corrected chi connectivity index (χ2v) is 5.88. The number of benzene rings is 1. The molecule has 0 atom stereocenters. The number of hydrogen-bond acceptors (Lipinski definition) is 3. The number of nitrogens with two attached hydrogens (primary N) is 1. The van der Waals surface area contributed by atoms with Crippen LogP contribution in [0.2, 0.25) is 0 Å². The van der Waals surface area contributed by atoms with Crippen LogP contribution in [0.1, 0.15) is 38.3 Å². The molecular formula is C18H32IN3O2. The van der Waals surface area contributed by atoms with Crippen LogP contribution in [0.4, 0.5) is 0 Å². The lowest BCUT2D eigenvalue weighted by molar-refractivity contribution is 0.0453. The van der Waals surface area contributed by atoms with Gasteiger partial charge in [-0.1, -0.05) is 38.1 Å². The predicted octanol–water partition coefficient (Wildman–Crippen LogP) is 3.31. The van der Waals surface area contributed by atoms with E-state index in [4.69, 9.17) is 15.2 Å². The van der Waals surface area contributed by atoms with E-state index in [2.05, 4.69) is 42.4 Å². The fourth-order valence-corrected chi connectivity index (χ4v) is 1.99. The largest absolute Gasteiger partial charge is 0.379 e. The Morgan fingerprint density at radius 1 is 1.21 bits per heavy atom. The molecule has 1 aromatic carbocycles. The molecule has 138 valence electrons. The third-order valence-corrected chi connectivity index (χ3v) is 3.30. The Labute approximate surface area is 163 Å². The van der Waals surface area contributed by atoms with Crippen LogP contribution in [0.15, 0.2) is 29.3 Å². The minimum atomic E-state index is 0. The van der Waals surface area contributed by atoms with Crippen molar-refractivity contribution >= 4 is 29.9 Å². The van der Waals surface area contributed by atoms with Crippen molar-refractivity contribution < 1.29 is 9.47 Å². The number of rotatable bonds is 11. The van der Waals surface area contributed by atoms with Gasteiger partial charge in [0, 0.05) is 13.2 Å². The number of guanidine groups is 1. The van der Waals surface area contributed by atoms with Gasteiger partial charge >= 0.3 is 0 Å². The number of nitrogens with zero attached hydrogens (tertiary/aromatic N) is 1. The highest BCUT2D eigenvalue weighted by Crippen LogP contribution is 2.08. The van der Waals surface area contributed by atoms with Crippen molar-refractivity contribution in [2.75, 3.05) is 26.4 Å². The van der Waals surface area contributed by atoms with Crippen molar-refractivity contribution in [2.45, 2.75) is 40.3 Å². The lowest BCUT2D eigenvalue weighted by Gasteiger charge is -2.08. The molecule has 0 aliphatic heterocycles. The Bertz CT molecular complexity index is 467. The third kappa shape index (κ3) is 11.6. The van der Waals surface area contributed by atoms with Gasteiger partial charge in [0.1, 0.15) is 0 Å². The summed E-state index contributed by atoms with van der Waals surface area (Å²) in [6.07, 6.45) is 1.09. The first-order valence-corrected chi connectivity index (χ1v) is 8.39. The summed E-state index contributed by atoms with van der Waals surface area (Å²) in [5.74, 6) is 1.17. The van der Waals surface area contributed by atoms with Crippen molar-refractivity contribution in [3.05, 3.63) is 35.4 Å². The molecule has 1 rings (SSSR count). The van der Waals surface area contributed by atoms with Gasteiger partial charge in [-0.15, -0.1) is 24.0 Å². The third-order valence-electron chi connectivity index (χ3n) is 3.30. The SMILES string of the molecule is CCOCCOCc1cccc(CN=C(N)NCCC(C)C)c1.I. The summed E-state index contributed by atoms with van der Waals surface area (Å²) < 4.78 is 10.8. The topological polar surface area (TPSA) is 68.9 Å². The molecule has 0 aliphatic rings. The minimum absolute atomic E-state index is 0. The number of hydrogen-bond donors (Lipinski definition) is 2. The molecule has 0 radical (unpaired) electrons. The molecule has 5 nitrogen and oxygen atoms in total. The molecule has 0 saturated carbocycles. The molecular weight excluding hydrogens is 417 g/mol. The summed E-state index contributed by atoms with van der Waals surface area (Å²) in [7, 11) is 0. The van der Waals surface area contributed by atoms with Crippen LogP contribution in [-0.2, 0) is 22.6 Å². The molecule has 0 fully saturated rings. The molecule has 0 saturated heterocycles. The number of nitrogens with one attached hydrogen (secondary N) is 1. The maximum Gasteiger partial charge on any atom is 0.188 e. The second kappa shape index (κ2) is 14.5. The zero-order valence-corrected chi connectivity index (χ0v) is 17.4. The zero-order valence-electron chi connectivity index (χ0n) is 15.1. The smallest absolute Gasteiger partial charge is 0.188 e. The Morgan fingerprint density at radius 2 is 1.92 bits per heavy atom. The molecule has 0 aromatic heterocycles. The molecule has 24 heavy (non-hydrogen) atoms. The van der Waals surface area contributed by atoms with Crippen molar-refractivity contribution in [3.8, 4) is 0 Å². The molecule has 0 amide bonds. The standard InChI is InChI=1S/C18H31N3O2.HI/c1-4-22-10-11-23-14-17-7-5-6-16(12-17)13-21-18(19)20-9-8-15(2)3;/h5-7,12,15H,4,8-11,13-14H2,1-3H3,(H3,19,20,21);1H. The zero-order chi connectivity index (χ0) is 16.9. The highest BCUT2D eigenvalue weighted by molar-refractivity contribution is 14.0. The van der Waals surface area contributed by atoms with Crippen LogP contribution >= 0.6 is 24.0 Å². The van der Waals surface area contributed by atoms with Gasteiger partial charge in [0.25, 0.3) is 0 Å². The van der Waals surface area contributed by atoms with Crippen LogP contribution in [0.25, 0.3) is 0 Å². The maximum atomic E-state index is 5.87. The number of ether oxygens (including phenoxy) is 2. The molecule has 3 N–H and O–H groups in total. The first kappa shape index (κ1) is 23.1. The summed E-state index contributed by atoms with van der Waals surface area (Å²) in [4.78, 5) is 4.38. The second-order valence-electron chi connectivity index (χ2n) is 5.88. The highest BCUT2D eigenvalue weighted by atomic mass is 127. The molecule has 0 unspecified atom stereocenters. The number of aliphatic imine (C=N–C) groups is 1. The normalized spacial score (nSPS) is 11.4. The summed E-state index contributed by atoms with van der Waals surface area (Å²) in [5.41, 5.74) is 8.14. The van der Waals surface area contributed by atoms with Crippen molar-refractivity contribution in [3.63, 3.8) is 0 Å². The highest BCUT2D eigenvalue weighted by Gasteiger charge is 1.98. The van der Waals surface area contributed by atoms with E-state index in [-0.39, 0.29) is 24.0 Å². The van der Waals surface area contributed by atoms with Crippen LogP contribution < -0.4 is 11.1 Å². The van der Waals surface area contributed by atoms with Gasteiger partial charge < -0.3 is 20.5 Å². The van der Waals surface area contributed by atoms with E-state index in [0.717, 1.165) is 30.7 Å². The van der Waals surface area contributed by atoms with Gasteiger partial charge in [-0.25, -0.2) is 4.99 Å². The van der Waals surface area contributed by atoms with Gasteiger partial charge in [0.15, 0.2) is 5.96 Å². The lowest BCUT2D eigenvalue weighted by atomic mass is 10.1. The summed E-state index contributed by atoms with van der Waals surface area (Å²) in [5, 5.41) is 3.14. The Kier molecular flexibility index (Phi) is 14.0. The monoisotopic (exact) mass is 449 g/mol. The van der Waals surface area contributed by atoms with Crippen molar-refractivity contribution in [2.24, 2.45) is 16.6 Å². The Hall–Kier alpha value is -0.860. The first-order valence-electron chi connectivity index (χ1n) is 8.39. The molecule has 0 spiro atoms. The van der Waals surface area contributed by atoms with Crippen LogP contribution in [-0.4, -0.2) is 32.3 Å². The number of halogens is 1. The lowest BCUT2D eigenvalue weighted by Crippen LogP contribution is -2.32. The Balaban J connectivity index is 0.00000529. The van der Waals surface area contributed by atoms with E-state index in [1.165, 1.54) is 0 Å². The van der Waals surface area contributed by atoms with E-state index in [1.54, 1.807) is 0 Å². The molecule has 6 heteroatoms. The summed E-state index contributed by atoms with van der Waals surface area (Å²) in [6, 6.07) is 8.23. The molecule has 0 aliphatic carbocycles. The fourth-order valence-electron chi connectivity index (χ4n) is 1.99. The van der Waals surface area contributed by atoms with Crippen LogP contribution in [0.5, 0.6) is 0 Å². The van der Waals surface area contributed by atoms with Gasteiger partial charge in [-0.3, -0.25) is 0 Å². The van der Waals surface area contributed by atoms with Crippen molar-refractivity contribution in [1.29, 1.82) is 0 Å². The Morgan fingerprint density at radius 3 is 2.62 bits per heavy atom. The molecule has 1 aromatic rings. The van der Waals surface area contributed by atoms with E-state index >= 15 is 0 Å². The summed E-state index contributed by atoms with van der Waals surface area (Å²) in [6.45, 7) is 10.4. The molecule has 0 heterocycles. The van der Waals surface area contributed by atoms with E-state index in [1.807, 2.05) is 13.0 Å². The maximum absolute atomic E-state index is 5.87. The van der Waals surface area contributed by atoms with Crippen molar-refractivity contribution in [1.82, 2.24) is 5.32 Å². The van der Waals surface area contributed by atoms with E-state index in [9.17, 15) is 0 Å². The first-order chi connectivity index (χ1) is 11.1. The van der Waals surface area contributed by atoms with Crippen LogP contribution in [0, 0.1) is 5.92 Å². The van der Waals surface area contributed by atoms with Crippen LogP contribution in [0.3, 0.4) is 0 Å². The molecule has 0 bridgehead atoms. The van der Waals surface area contributed by atoms with Gasteiger partial charge in [0.2, 0.25) is 0 Å². The van der Waals surface area contributed by atoms with Gasteiger partial charge in [-0.2, -0.15) is 0 Å². The average Bonchev–Trinajstić information content (AvgIpc) is 2.53. The van der Waals surface area contributed by atoms with E-state index < -0.39 is 0 Å². The van der Waals surface area contributed by atoms with E-state index in [0.29, 0.717) is 38.2 Å². The fraction of sp³-hybridized carbons (Fsp3) is 0.611. The van der Waals surface area contributed by atoms with Gasteiger partial charge in [-0.05, 0) is 30.4 Å². The average molecular weight is 449 g/mol. The summed E-state index contributed by atoms with van der Waals surface area (Å²) >= 11 is 0. The van der Waals surface area contributed by atoms with Gasteiger partial charge in [0.05, 0.1) is 26.4 Å².